The van der Waals surface area contributed by atoms with Gasteiger partial charge in [0.1, 0.15) is 0 Å². The highest BCUT2D eigenvalue weighted by molar-refractivity contribution is 5.16. The van der Waals surface area contributed by atoms with E-state index in [2.05, 4.69) is 42.2 Å². The standard InChI is InChI=1S/C17H29N3O/c1-4-14-11-15(20(3)19-14)16(18-2)13-7-10-21-17(12-13)8-5-6-9-17/h11,13,16,18H,4-10,12H2,1-3H3. The van der Waals surface area contributed by atoms with Gasteiger partial charge in [0.05, 0.1) is 23.0 Å². The van der Waals surface area contributed by atoms with E-state index in [1.54, 1.807) is 0 Å². The van der Waals surface area contributed by atoms with Crippen LogP contribution in [0.2, 0.25) is 0 Å². The van der Waals surface area contributed by atoms with Gasteiger partial charge in [0.15, 0.2) is 0 Å². The van der Waals surface area contributed by atoms with Gasteiger partial charge in [-0.1, -0.05) is 19.8 Å². The first-order valence-corrected chi connectivity index (χ1v) is 8.51. The van der Waals surface area contributed by atoms with Crippen LogP contribution in [0.4, 0.5) is 0 Å². The molecule has 1 N–H and O–H groups in total. The molecule has 1 aromatic rings. The Morgan fingerprint density at radius 1 is 1.48 bits per heavy atom. The second kappa shape index (κ2) is 6.09. The maximum Gasteiger partial charge on any atom is 0.0686 e. The molecule has 1 saturated heterocycles. The summed E-state index contributed by atoms with van der Waals surface area (Å²) in [7, 11) is 4.16. The highest BCUT2D eigenvalue weighted by atomic mass is 16.5. The van der Waals surface area contributed by atoms with Gasteiger partial charge in [-0.3, -0.25) is 4.68 Å². The molecule has 0 aromatic carbocycles. The molecule has 3 rings (SSSR count). The van der Waals surface area contributed by atoms with Crippen molar-refractivity contribution in [3.63, 3.8) is 0 Å². The summed E-state index contributed by atoms with van der Waals surface area (Å²) in [5, 5.41) is 8.18. The molecule has 2 unspecified atom stereocenters. The monoisotopic (exact) mass is 291 g/mol. The predicted molar refractivity (Wildman–Crippen MR) is 84.3 cm³/mol. The summed E-state index contributed by atoms with van der Waals surface area (Å²) >= 11 is 0. The van der Waals surface area contributed by atoms with Gasteiger partial charge in [0, 0.05) is 13.7 Å². The third-order valence-corrected chi connectivity index (χ3v) is 5.48. The third kappa shape index (κ3) is 2.88. The van der Waals surface area contributed by atoms with Gasteiger partial charge >= 0.3 is 0 Å². The zero-order valence-electron chi connectivity index (χ0n) is 13.7. The first kappa shape index (κ1) is 15.0. The van der Waals surface area contributed by atoms with Crippen LogP contribution < -0.4 is 5.32 Å². The number of rotatable bonds is 4. The van der Waals surface area contributed by atoms with Gasteiger partial charge in [0.25, 0.3) is 0 Å². The highest BCUT2D eigenvalue weighted by Crippen LogP contribution is 2.45. The van der Waals surface area contributed by atoms with Gasteiger partial charge in [-0.05, 0) is 51.1 Å². The quantitative estimate of drug-likeness (QED) is 0.927. The number of hydrogen-bond acceptors (Lipinski definition) is 3. The number of aromatic nitrogens is 2. The summed E-state index contributed by atoms with van der Waals surface area (Å²) in [6.45, 7) is 3.09. The molecule has 1 saturated carbocycles. The van der Waals surface area contributed by atoms with Crippen LogP contribution in [0, 0.1) is 5.92 Å². The van der Waals surface area contributed by atoms with E-state index in [0.29, 0.717) is 12.0 Å². The van der Waals surface area contributed by atoms with E-state index in [-0.39, 0.29) is 5.60 Å². The summed E-state index contributed by atoms with van der Waals surface area (Å²) in [4.78, 5) is 0. The van der Waals surface area contributed by atoms with E-state index < -0.39 is 0 Å². The Kier molecular flexibility index (Phi) is 4.36. The lowest BCUT2D eigenvalue weighted by molar-refractivity contribution is -0.0982. The zero-order valence-corrected chi connectivity index (χ0v) is 13.7. The summed E-state index contributed by atoms with van der Waals surface area (Å²) < 4.78 is 8.26. The minimum atomic E-state index is 0.185. The van der Waals surface area contributed by atoms with Gasteiger partial charge in [-0.15, -0.1) is 0 Å². The van der Waals surface area contributed by atoms with E-state index in [4.69, 9.17) is 4.74 Å². The molecular weight excluding hydrogens is 262 g/mol. The van der Waals surface area contributed by atoms with Gasteiger partial charge in [0.2, 0.25) is 0 Å². The van der Waals surface area contributed by atoms with Crippen molar-refractivity contribution < 1.29 is 4.74 Å². The molecule has 1 spiro atoms. The zero-order chi connectivity index (χ0) is 14.9. The summed E-state index contributed by atoms with van der Waals surface area (Å²) in [6, 6.07) is 2.67. The molecule has 0 amide bonds. The Hall–Kier alpha value is -0.870. The summed E-state index contributed by atoms with van der Waals surface area (Å²) in [5.74, 6) is 0.655. The summed E-state index contributed by atoms with van der Waals surface area (Å²) in [5.41, 5.74) is 2.70. The van der Waals surface area contributed by atoms with Crippen molar-refractivity contribution in [2.75, 3.05) is 13.7 Å². The molecule has 1 aliphatic carbocycles. The van der Waals surface area contributed by atoms with Crippen molar-refractivity contribution in [3.05, 3.63) is 17.5 Å². The number of aryl methyl sites for hydroxylation is 2. The largest absolute Gasteiger partial charge is 0.375 e. The Labute approximate surface area is 128 Å². The molecule has 21 heavy (non-hydrogen) atoms. The average Bonchev–Trinajstić information content (AvgIpc) is 3.08. The molecular formula is C17H29N3O. The molecule has 2 aliphatic rings. The van der Waals surface area contributed by atoms with Crippen molar-refractivity contribution in [1.29, 1.82) is 0 Å². The van der Waals surface area contributed by atoms with Crippen LogP contribution >= 0.6 is 0 Å². The molecule has 0 bridgehead atoms. The van der Waals surface area contributed by atoms with Crippen molar-refractivity contribution in [1.82, 2.24) is 15.1 Å². The molecule has 1 aliphatic heterocycles. The second-order valence-electron chi connectivity index (χ2n) is 6.80. The van der Waals surface area contributed by atoms with Crippen LogP contribution in [0.1, 0.15) is 62.9 Å². The van der Waals surface area contributed by atoms with Crippen molar-refractivity contribution in [2.45, 2.75) is 63.5 Å². The normalized spacial score (nSPS) is 26.3. The van der Waals surface area contributed by atoms with E-state index in [1.807, 2.05) is 0 Å². The lowest BCUT2D eigenvalue weighted by atomic mass is 9.79. The van der Waals surface area contributed by atoms with Crippen LogP contribution in [0.3, 0.4) is 0 Å². The van der Waals surface area contributed by atoms with Crippen LogP contribution in [0.15, 0.2) is 6.07 Å². The predicted octanol–water partition coefficient (Wildman–Crippen LogP) is 2.98. The number of hydrogen-bond donors (Lipinski definition) is 1. The van der Waals surface area contributed by atoms with Crippen molar-refractivity contribution in [2.24, 2.45) is 13.0 Å². The van der Waals surface area contributed by atoms with Crippen molar-refractivity contribution in [3.8, 4) is 0 Å². The van der Waals surface area contributed by atoms with Gasteiger partial charge in [-0.2, -0.15) is 5.10 Å². The van der Waals surface area contributed by atoms with E-state index in [1.165, 1.54) is 43.5 Å². The van der Waals surface area contributed by atoms with Crippen LogP contribution in [-0.4, -0.2) is 29.0 Å². The van der Waals surface area contributed by atoms with E-state index in [9.17, 15) is 0 Å². The molecule has 2 atom stereocenters. The van der Waals surface area contributed by atoms with Gasteiger partial charge in [-0.25, -0.2) is 0 Å². The Balaban J connectivity index is 1.80. The summed E-state index contributed by atoms with van der Waals surface area (Å²) in [6.07, 6.45) is 8.54. The second-order valence-corrected chi connectivity index (χ2v) is 6.80. The topological polar surface area (TPSA) is 39.1 Å². The fraction of sp³-hybridized carbons (Fsp3) is 0.824. The molecule has 2 fully saturated rings. The van der Waals surface area contributed by atoms with E-state index >= 15 is 0 Å². The minimum absolute atomic E-state index is 0.185. The maximum atomic E-state index is 6.19. The van der Waals surface area contributed by atoms with Crippen LogP contribution in [-0.2, 0) is 18.2 Å². The lowest BCUT2D eigenvalue weighted by Crippen LogP contribution is -2.41. The third-order valence-electron chi connectivity index (χ3n) is 5.48. The molecule has 4 heteroatoms. The average molecular weight is 291 g/mol. The minimum Gasteiger partial charge on any atom is -0.375 e. The maximum absolute atomic E-state index is 6.19. The Bertz CT molecular complexity index is 476. The van der Waals surface area contributed by atoms with Gasteiger partial charge < -0.3 is 10.1 Å². The molecule has 2 heterocycles. The van der Waals surface area contributed by atoms with Crippen LogP contribution in [0.25, 0.3) is 0 Å². The number of nitrogens with zero attached hydrogens (tertiary/aromatic N) is 2. The number of ether oxygens (including phenoxy) is 1. The first-order chi connectivity index (χ1) is 10.2. The molecule has 4 nitrogen and oxygen atoms in total. The molecule has 1 aromatic heterocycles. The lowest BCUT2D eigenvalue weighted by Gasteiger charge is -2.41. The Morgan fingerprint density at radius 2 is 2.24 bits per heavy atom. The highest BCUT2D eigenvalue weighted by Gasteiger charge is 2.42. The SMILES string of the molecule is CCc1cc(C(NC)C2CCOC3(CCCC3)C2)n(C)n1. The fourth-order valence-corrected chi connectivity index (χ4v) is 4.35. The Morgan fingerprint density at radius 3 is 2.86 bits per heavy atom. The fourth-order valence-electron chi connectivity index (χ4n) is 4.35. The molecule has 0 radical (unpaired) electrons. The molecule has 118 valence electrons. The smallest absolute Gasteiger partial charge is 0.0686 e. The number of nitrogens with one attached hydrogen (secondary N) is 1. The first-order valence-electron chi connectivity index (χ1n) is 8.51. The van der Waals surface area contributed by atoms with E-state index in [0.717, 1.165) is 19.4 Å². The van der Waals surface area contributed by atoms with Crippen molar-refractivity contribution >= 4 is 0 Å². The van der Waals surface area contributed by atoms with Crippen LogP contribution in [0.5, 0.6) is 0 Å².